The van der Waals surface area contributed by atoms with Crippen molar-refractivity contribution in [2.24, 2.45) is 5.41 Å². The second-order valence-corrected chi connectivity index (χ2v) is 5.77. The van der Waals surface area contributed by atoms with E-state index in [1.54, 1.807) is 13.8 Å². The van der Waals surface area contributed by atoms with Gasteiger partial charge in [0, 0.05) is 32.7 Å². The number of fused-ring (bicyclic) bond motifs is 1. The SMILES string of the molecule is CC(C)(CN1C[C@H]2CNCCN2C1=S)C(=O)O.Cl. The summed E-state index contributed by atoms with van der Waals surface area (Å²) in [5, 5.41) is 13.3. The summed E-state index contributed by atoms with van der Waals surface area (Å²) in [4.78, 5) is 15.4. The summed E-state index contributed by atoms with van der Waals surface area (Å²) in [5.41, 5.74) is -0.758. The Labute approximate surface area is 119 Å². The largest absolute Gasteiger partial charge is 0.481 e. The van der Waals surface area contributed by atoms with Crippen LogP contribution in [-0.2, 0) is 4.79 Å². The lowest BCUT2D eigenvalue weighted by Gasteiger charge is -2.30. The second-order valence-electron chi connectivity index (χ2n) is 5.40. The molecule has 0 aromatic heterocycles. The zero-order valence-corrected chi connectivity index (χ0v) is 12.3. The van der Waals surface area contributed by atoms with Crippen LogP contribution in [0.15, 0.2) is 0 Å². The maximum Gasteiger partial charge on any atom is 0.310 e. The van der Waals surface area contributed by atoms with Gasteiger partial charge in [-0.05, 0) is 26.1 Å². The fraction of sp³-hybridized carbons (Fsp3) is 0.818. The summed E-state index contributed by atoms with van der Waals surface area (Å²) in [7, 11) is 0. The summed E-state index contributed by atoms with van der Waals surface area (Å²) in [6.45, 7) is 7.61. The number of hydrogen-bond donors (Lipinski definition) is 2. The number of nitrogens with one attached hydrogen (secondary N) is 1. The van der Waals surface area contributed by atoms with Gasteiger partial charge in [-0.25, -0.2) is 0 Å². The highest BCUT2D eigenvalue weighted by Gasteiger charge is 2.39. The molecule has 2 N–H and O–H groups in total. The summed E-state index contributed by atoms with van der Waals surface area (Å²) >= 11 is 5.42. The van der Waals surface area contributed by atoms with Crippen molar-refractivity contribution in [2.45, 2.75) is 19.9 Å². The molecule has 0 aromatic rings. The molecule has 5 nitrogen and oxygen atoms in total. The average Bonchev–Trinajstić information content (AvgIpc) is 2.56. The molecule has 1 atom stereocenters. The van der Waals surface area contributed by atoms with Crippen LogP contribution in [0, 0.1) is 5.41 Å². The number of aliphatic carboxylic acids is 1. The van der Waals surface area contributed by atoms with E-state index in [1.807, 2.05) is 4.90 Å². The second kappa shape index (κ2) is 5.59. The van der Waals surface area contributed by atoms with E-state index in [4.69, 9.17) is 17.3 Å². The smallest absolute Gasteiger partial charge is 0.310 e. The van der Waals surface area contributed by atoms with Crippen LogP contribution in [0.1, 0.15) is 13.8 Å². The first-order chi connectivity index (χ1) is 7.92. The van der Waals surface area contributed by atoms with Gasteiger partial charge in [-0.3, -0.25) is 4.79 Å². The number of halogens is 1. The van der Waals surface area contributed by atoms with E-state index in [-0.39, 0.29) is 12.4 Å². The number of rotatable bonds is 3. The Morgan fingerprint density at radius 3 is 2.83 bits per heavy atom. The fourth-order valence-electron chi connectivity index (χ4n) is 2.37. The molecule has 0 unspecified atom stereocenters. The predicted molar refractivity (Wildman–Crippen MR) is 76.2 cm³/mol. The summed E-state index contributed by atoms with van der Waals surface area (Å²) in [5.74, 6) is -0.775. The van der Waals surface area contributed by atoms with Gasteiger partial charge in [0.05, 0.1) is 11.5 Å². The molecule has 18 heavy (non-hydrogen) atoms. The lowest BCUT2D eigenvalue weighted by Crippen LogP contribution is -2.49. The van der Waals surface area contributed by atoms with E-state index in [2.05, 4.69) is 10.2 Å². The van der Waals surface area contributed by atoms with Crippen molar-refractivity contribution >= 4 is 35.7 Å². The van der Waals surface area contributed by atoms with Gasteiger partial charge in [-0.1, -0.05) is 0 Å². The van der Waals surface area contributed by atoms with Gasteiger partial charge in [-0.2, -0.15) is 0 Å². The quantitative estimate of drug-likeness (QED) is 0.735. The van der Waals surface area contributed by atoms with Crippen LogP contribution in [0.3, 0.4) is 0 Å². The van der Waals surface area contributed by atoms with Crippen molar-refractivity contribution in [1.82, 2.24) is 15.1 Å². The van der Waals surface area contributed by atoms with E-state index < -0.39 is 11.4 Å². The van der Waals surface area contributed by atoms with Gasteiger partial charge in [0.1, 0.15) is 0 Å². The highest BCUT2D eigenvalue weighted by molar-refractivity contribution is 7.80. The Kier molecular flexibility index (Phi) is 4.80. The number of carboxylic acids is 1. The molecule has 2 saturated heterocycles. The molecule has 2 aliphatic rings. The molecule has 0 bridgehead atoms. The van der Waals surface area contributed by atoms with Crippen LogP contribution in [0.25, 0.3) is 0 Å². The monoisotopic (exact) mass is 293 g/mol. The van der Waals surface area contributed by atoms with Crippen LogP contribution in [-0.4, -0.2) is 64.8 Å². The van der Waals surface area contributed by atoms with E-state index >= 15 is 0 Å². The topological polar surface area (TPSA) is 55.8 Å². The third kappa shape index (κ3) is 2.87. The van der Waals surface area contributed by atoms with Crippen LogP contribution in [0.5, 0.6) is 0 Å². The Bertz CT molecular complexity index is 351. The molecule has 7 heteroatoms. The van der Waals surface area contributed by atoms with Crippen molar-refractivity contribution in [3.63, 3.8) is 0 Å². The Morgan fingerprint density at radius 2 is 2.28 bits per heavy atom. The minimum Gasteiger partial charge on any atom is -0.481 e. The van der Waals surface area contributed by atoms with Gasteiger partial charge in [-0.15, -0.1) is 12.4 Å². The first-order valence-corrected chi connectivity index (χ1v) is 6.32. The van der Waals surface area contributed by atoms with Gasteiger partial charge >= 0.3 is 5.97 Å². The zero-order valence-electron chi connectivity index (χ0n) is 10.7. The molecule has 2 fully saturated rings. The van der Waals surface area contributed by atoms with Gasteiger partial charge in [0.15, 0.2) is 5.11 Å². The number of thiocarbonyl (C=S) groups is 1. The van der Waals surface area contributed by atoms with Crippen LogP contribution in [0.4, 0.5) is 0 Å². The van der Waals surface area contributed by atoms with Crippen molar-refractivity contribution in [1.29, 1.82) is 0 Å². The maximum atomic E-state index is 11.1. The lowest BCUT2D eigenvalue weighted by atomic mass is 9.93. The van der Waals surface area contributed by atoms with Crippen molar-refractivity contribution in [3.05, 3.63) is 0 Å². The molecule has 2 rings (SSSR count). The summed E-state index contributed by atoms with van der Waals surface area (Å²) in [6.07, 6.45) is 0. The third-order valence-electron chi connectivity index (χ3n) is 3.46. The molecular formula is C11H20ClN3O2S. The first kappa shape index (κ1) is 15.5. The molecule has 0 aromatic carbocycles. The van der Waals surface area contributed by atoms with E-state index in [0.29, 0.717) is 12.6 Å². The average molecular weight is 294 g/mol. The highest BCUT2D eigenvalue weighted by Crippen LogP contribution is 2.24. The molecule has 2 aliphatic heterocycles. The minimum atomic E-state index is -0.775. The maximum absolute atomic E-state index is 11.1. The van der Waals surface area contributed by atoms with Gasteiger partial charge in [0.25, 0.3) is 0 Å². The molecule has 0 spiro atoms. The summed E-state index contributed by atoms with van der Waals surface area (Å²) in [6, 6.07) is 0.404. The van der Waals surface area contributed by atoms with Crippen LogP contribution < -0.4 is 5.32 Å². The molecule has 0 saturated carbocycles. The summed E-state index contributed by atoms with van der Waals surface area (Å²) < 4.78 is 0. The Morgan fingerprint density at radius 1 is 1.61 bits per heavy atom. The zero-order chi connectivity index (χ0) is 12.6. The number of nitrogens with zero attached hydrogens (tertiary/aromatic N) is 2. The fourth-order valence-corrected chi connectivity index (χ4v) is 2.75. The molecule has 2 heterocycles. The van der Waals surface area contributed by atoms with Gasteiger partial charge < -0.3 is 20.2 Å². The first-order valence-electron chi connectivity index (χ1n) is 5.91. The normalized spacial score (nSPS) is 23.7. The molecule has 0 aliphatic carbocycles. The van der Waals surface area contributed by atoms with Crippen molar-refractivity contribution in [2.75, 3.05) is 32.7 Å². The van der Waals surface area contributed by atoms with Crippen LogP contribution in [0.2, 0.25) is 0 Å². The standard InChI is InChI=1S/C11H19N3O2S.ClH/c1-11(2,9(15)16)7-13-6-8-5-12-3-4-14(8)10(13)17;/h8,12H,3-7H2,1-2H3,(H,15,16);1H/t8-;/m1./s1. The lowest BCUT2D eigenvalue weighted by molar-refractivity contribution is -0.147. The number of hydrogen-bond acceptors (Lipinski definition) is 3. The predicted octanol–water partition coefficient (Wildman–Crippen LogP) is 0.393. The molecule has 0 radical (unpaired) electrons. The Hall–Kier alpha value is -0.590. The third-order valence-corrected chi connectivity index (χ3v) is 3.96. The van der Waals surface area contributed by atoms with E-state index in [9.17, 15) is 4.79 Å². The van der Waals surface area contributed by atoms with Crippen molar-refractivity contribution < 1.29 is 9.90 Å². The molecule has 0 amide bonds. The Balaban J connectivity index is 0.00000162. The molecular weight excluding hydrogens is 274 g/mol. The minimum absolute atomic E-state index is 0. The van der Waals surface area contributed by atoms with E-state index in [1.165, 1.54) is 0 Å². The number of carboxylic acid groups (broad SMARTS) is 1. The number of carbonyl (C=O) groups is 1. The van der Waals surface area contributed by atoms with E-state index in [0.717, 1.165) is 31.3 Å². The number of piperazine rings is 1. The van der Waals surface area contributed by atoms with Crippen molar-refractivity contribution in [3.8, 4) is 0 Å². The molecule has 104 valence electrons. The highest BCUT2D eigenvalue weighted by atomic mass is 35.5. The van der Waals surface area contributed by atoms with Gasteiger partial charge in [0.2, 0.25) is 0 Å². The van der Waals surface area contributed by atoms with Crippen LogP contribution >= 0.6 is 24.6 Å².